The first-order chi connectivity index (χ1) is 14.0. The van der Waals surface area contributed by atoms with E-state index in [-0.39, 0.29) is 15.7 Å². The summed E-state index contributed by atoms with van der Waals surface area (Å²) >= 11 is 17.5. The molecule has 0 aliphatic carbocycles. The zero-order chi connectivity index (χ0) is 20.5. The van der Waals surface area contributed by atoms with Gasteiger partial charge < -0.3 is 4.90 Å². The Morgan fingerprint density at radius 3 is 2.38 bits per heavy atom. The third kappa shape index (κ3) is 3.88. The number of nitrogens with zero attached hydrogens (tertiary/aromatic N) is 2. The van der Waals surface area contributed by atoms with E-state index in [9.17, 15) is 9.59 Å². The molecule has 1 N–H and O–H groups in total. The van der Waals surface area contributed by atoms with Gasteiger partial charge in [-0.05, 0) is 61.0 Å². The van der Waals surface area contributed by atoms with Crippen LogP contribution in [-0.4, -0.2) is 30.0 Å². The van der Waals surface area contributed by atoms with Crippen LogP contribution in [-0.2, 0) is 9.59 Å². The minimum atomic E-state index is -0.550. The maximum Gasteiger partial charge on any atom is 0.270 e. The fourth-order valence-electron chi connectivity index (χ4n) is 3.46. The van der Waals surface area contributed by atoms with E-state index in [1.165, 1.54) is 17.7 Å². The standard InChI is InChI=1S/C21H17Cl2N3O2S/c22-16-4-3-5-17(18(16)23)26-20(28)15(19(27)24-21(26)29)12-13-6-8-14(9-7-13)25-10-1-2-11-25/h3-9,12H,1-2,10-11H2,(H,24,27,29)/b15-12+. The summed E-state index contributed by atoms with van der Waals surface area (Å²) in [7, 11) is 0. The molecule has 0 spiro atoms. The molecular weight excluding hydrogens is 429 g/mol. The van der Waals surface area contributed by atoms with Gasteiger partial charge in [-0.1, -0.05) is 41.4 Å². The molecule has 8 heteroatoms. The first-order valence-electron chi connectivity index (χ1n) is 9.16. The second kappa shape index (κ2) is 8.14. The van der Waals surface area contributed by atoms with Crippen molar-refractivity contribution in [3.63, 3.8) is 0 Å². The van der Waals surface area contributed by atoms with E-state index < -0.39 is 11.8 Å². The molecule has 29 heavy (non-hydrogen) atoms. The van der Waals surface area contributed by atoms with Crippen molar-refractivity contribution in [2.24, 2.45) is 0 Å². The summed E-state index contributed by atoms with van der Waals surface area (Å²) in [5, 5.41) is 3.00. The molecular formula is C21H17Cl2N3O2S. The van der Waals surface area contributed by atoms with Gasteiger partial charge in [0.05, 0.1) is 15.7 Å². The second-order valence-corrected chi connectivity index (χ2v) is 7.99. The van der Waals surface area contributed by atoms with Gasteiger partial charge in [-0.3, -0.25) is 19.8 Å². The van der Waals surface area contributed by atoms with Crippen LogP contribution >= 0.6 is 35.4 Å². The van der Waals surface area contributed by atoms with Gasteiger partial charge in [0, 0.05) is 18.8 Å². The molecule has 2 saturated heterocycles. The Kier molecular flexibility index (Phi) is 5.58. The average Bonchev–Trinajstić information content (AvgIpc) is 3.23. The van der Waals surface area contributed by atoms with Crippen LogP contribution < -0.4 is 15.1 Å². The lowest BCUT2D eigenvalue weighted by Gasteiger charge is -2.29. The number of nitrogens with one attached hydrogen (secondary N) is 1. The van der Waals surface area contributed by atoms with Crippen LogP contribution in [0.4, 0.5) is 11.4 Å². The minimum Gasteiger partial charge on any atom is -0.372 e. The average molecular weight is 446 g/mol. The Labute approximate surface area is 183 Å². The van der Waals surface area contributed by atoms with E-state index in [1.807, 2.05) is 24.3 Å². The van der Waals surface area contributed by atoms with Gasteiger partial charge in [-0.25, -0.2) is 0 Å². The molecule has 0 aromatic heterocycles. The van der Waals surface area contributed by atoms with Crippen LogP contribution in [0.15, 0.2) is 48.0 Å². The van der Waals surface area contributed by atoms with Gasteiger partial charge in [0.1, 0.15) is 5.57 Å². The molecule has 0 bridgehead atoms. The fourth-order valence-corrected chi connectivity index (χ4v) is 4.12. The quantitative estimate of drug-likeness (QED) is 0.431. The zero-order valence-electron chi connectivity index (χ0n) is 15.3. The summed E-state index contributed by atoms with van der Waals surface area (Å²) in [4.78, 5) is 29.0. The summed E-state index contributed by atoms with van der Waals surface area (Å²) in [5.41, 5.74) is 2.18. The summed E-state index contributed by atoms with van der Waals surface area (Å²) in [5.74, 6) is -1.09. The lowest BCUT2D eigenvalue weighted by Crippen LogP contribution is -2.54. The van der Waals surface area contributed by atoms with Crippen molar-refractivity contribution in [3.05, 3.63) is 63.6 Å². The predicted octanol–water partition coefficient (Wildman–Crippen LogP) is 4.42. The number of thiocarbonyl (C=S) groups is 1. The molecule has 2 aliphatic rings. The van der Waals surface area contributed by atoms with E-state index in [0.717, 1.165) is 24.3 Å². The number of halogens is 2. The molecule has 2 amide bonds. The van der Waals surface area contributed by atoms with Crippen molar-refractivity contribution in [3.8, 4) is 0 Å². The van der Waals surface area contributed by atoms with Crippen LogP contribution in [0.2, 0.25) is 10.0 Å². The maximum absolute atomic E-state index is 13.1. The fraction of sp³-hybridized carbons (Fsp3) is 0.190. The van der Waals surface area contributed by atoms with Crippen molar-refractivity contribution in [2.75, 3.05) is 22.9 Å². The van der Waals surface area contributed by atoms with E-state index >= 15 is 0 Å². The van der Waals surface area contributed by atoms with Crippen molar-refractivity contribution in [1.29, 1.82) is 0 Å². The molecule has 148 valence electrons. The monoisotopic (exact) mass is 445 g/mol. The van der Waals surface area contributed by atoms with Gasteiger partial charge in [0.15, 0.2) is 5.11 Å². The van der Waals surface area contributed by atoms with Gasteiger partial charge in [-0.2, -0.15) is 0 Å². The number of hydrogen-bond donors (Lipinski definition) is 1. The van der Waals surface area contributed by atoms with E-state index in [2.05, 4.69) is 10.2 Å². The Hall–Kier alpha value is -2.41. The van der Waals surface area contributed by atoms with Gasteiger partial charge in [-0.15, -0.1) is 0 Å². The minimum absolute atomic E-state index is 0.0245. The number of amides is 2. The van der Waals surface area contributed by atoms with Crippen LogP contribution in [0.3, 0.4) is 0 Å². The summed E-state index contributed by atoms with van der Waals surface area (Å²) in [6, 6.07) is 12.7. The highest BCUT2D eigenvalue weighted by atomic mass is 35.5. The van der Waals surface area contributed by atoms with Crippen molar-refractivity contribution in [2.45, 2.75) is 12.8 Å². The number of rotatable bonds is 3. The highest BCUT2D eigenvalue weighted by Crippen LogP contribution is 2.34. The highest BCUT2D eigenvalue weighted by molar-refractivity contribution is 7.80. The summed E-state index contributed by atoms with van der Waals surface area (Å²) in [6.45, 7) is 2.10. The van der Waals surface area contributed by atoms with Crippen LogP contribution in [0.5, 0.6) is 0 Å². The van der Waals surface area contributed by atoms with E-state index in [4.69, 9.17) is 35.4 Å². The van der Waals surface area contributed by atoms with Gasteiger partial charge >= 0.3 is 0 Å². The number of hydrogen-bond acceptors (Lipinski definition) is 4. The molecule has 0 saturated carbocycles. The summed E-state index contributed by atoms with van der Waals surface area (Å²) in [6.07, 6.45) is 3.95. The van der Waals surface area contributed by atoms with Crippen LogP contribution in [0, 0.1) is 0 Å². The lowest BCUT2D eigenvalue weighted by atomic mass is 10.1. The Morgan fingerprint density at radius 2 is 1.69 bits per heavy atom. The first kappa shape index (κ1) is 19.9. The molecule has 2 fully saturated rings. The molecule has 0 atom stereocenters. The SMILES string of the molecule is O=C1NC(=S)N(c2cccc(Cl)c2Cl)C(=O)/C1=C/c1ccc(N2CCCC2)cc1. The molecule has 0 unspecified atom stereocenters. The molecule has 4 rings (SSSR count). The van der Waals surface area contributed by atoms with Gasteiger partial charge in [0.2, 0.25) is 0 Å². The molecule has 5 nitrogen and oxygen atoms in total. The number of carbonyl (C=O) groups excluding carboxylic acids is 2. The van der Waals surface area contributed by atoms with Crippen molar-refractivity contribution >= 4 is 69.8 Å². The zero-order valence-corrected chi connectivity index (χ0v) is 17.7. The molecule has 2 aromatic rings. The highest BCUT2D eigenvalue weighted by Gasteiger charge is 2.35. The van der Waals surface area contributed by atoms with Crippen molar-refractivity contribution < 1.29 is 9.59 Å². The maximum atomic E-state index is 13.1. The molecule has 2 aliphatic heterocycles. The molecule has 2 aromatic carbocycles. The van der Waals surface area contributed by atoms with Crippen LogP contribution in [0.25, 0.3) is 6.08 Å². The van der Waals surface area contributed by atoms with Gasteiger partial charge in [0.25, 0.3) is 11.8 Å². The number of benzene rings is 2. The normalized spacial score (nSPS) is 18.6. The topological polar surface area (TPSA) is 52.7 Å². The van der Waals surface area contributed by atoms with Crippen LogP contribution in [0.1, 0.15) is 18.4 Å². The predicted molar refractivity (Wildman–Crippen MR) is 121 cm³/mol. The van der Waals surface area contributed by atoms with E-state index in [0.29, 0.717) is 10.7 Å². The molecule has 2 heterocycles. The summed E-state index contributed by atoms with van der Waals surface area (Å²) < 4.78 is 0. The number of carbonyl (C=O) groups is 2. The number of anilines is 2. The Balaban J connectivity index is 1.65. The third-order valence-corrected chi connectivity index (χ3v) is 6.04. The lowest BCUT2D eigenvalue weighted by molar-refractivity contribution is -0.122. The second-order valence-electron chi connectivity index (χ2n) is 6.82. The smallest absolute Gasteiger partial charge is 0.270 e. The third-order valence-electron chi connectivity index (χ3n) is 4.95. The Bertz CT molecular complexity index is 1030. The van der Waals surface area contributed by atoms with Crippen molar-refractivity contribution in [1.82, 2.24) is 5.32 Å². The Morgan fingerprint density at radius 1 is 1.00 bits per heavy atom. The first-order valence-corrected chi connectivity index (χ1v) is 10.3. The molecule has 0 radical (unpaired) electrons. The van der Waals surface area contributed by atoms with E-state index in [1.54, 1.807) is 24.3 Å². The largest absolute Gasteiger partial charge is 0.372 e.